The van der Waals surface area contributed by atoms with Gasteiger partial charge in [-0.25, -0.2) is 0 Å². The van der Waals surface area contributed by atoms with Crippen molar-refractivity contribution < 1.29 is 14.3 Å². The highest BCUT2D eigenvalue weighted by atomic mass is 16.7. The van der Waals surface area contributed by atoms with Gasteiger partial charge in [0.2, 0.25) is 12.7 Å². The van der Waals surface area contributed by atoms with E-state index in [9.17, 15) is 4.79 Å². The van der Waals surface area contributed by atoms with Gasteiger partial charge in [0, 0.05) is 12.5 Å². The summed E-state index contributed by atoms with van der Waals surface area (Å²) in [6, 6.07) is 6.06. The Balaban J connectivity index is 1.85. The summed E-state index contributed by atoms with van der Waals surface area (Å²) in [5, 5.41) is 2.96. The fourth-order valence-electron chi connectivity index (χ4n) is 1.80. The molecular weight excluding hydrogens is 230 g/mol. The van der Waals surface area contributed by atoms with Crippen LogP contribution in [0, 0.1) is 0 Å². The first-order valence-electron chi connectivity index (χ1n) is 6.37. The van der Waals surface area contributed by atoms with Gasteiger partial charge in [-0.15, -0.1) is 0 Å². The summed E-state index contributed by atoms with van der Waals surface area (Å²) >= 11 is 0. The van der Waals surface area contributed by atoms with Crippen LogP contribution >= 0.6 is 0 Å². The molecule has 1 unspecified atom stereocenters. The number of carbonyl (C=O) groups excluding carboxylic acids is 1. The summed E-state index contributed by atoms with van der Waals surface area (Å²) in [6.45, 7) is 4.36. The molecule has 0 saturated carbocycles. The van der Waals surface area contributed by atoms with Gasteiger partial charge < -0.3 is 14.8 Å². The summed E-state index contributed by atoms with van der Waals surface area (Å²) in [4.78, 5) is 11.7. The van der Waals surface area contributed by atoms with Gasteiger partial charge in [-0.2, -0.15) is 0 Å². The summed E-state index contributed by atoms with van der Waals surface area (Å²) in [5.74, 6) is 1.65. The standard InChI is InChI=1S/C14H19NO3/c1-3-10(2)15-14(16)7-5-11-4-6-12-13(8-11)18-9-17-12/h4,6,8,10H,3,5,7,9H2,1-2H3,(H,15,16). The zero-order valence-corrected chi connectivity index (χ0v) is 10.9. The van der Waals surface area contributed by atoms with E-state index in [2.05, 4.69) is 12.2 Å². The number of ether oxygens (including phenoxy) is 2. The van der Waals surface area contributed by atoms with Crippen LogP contribution in [0.1, 0.15) is 32.3 Å². The zero-order chi connectivity index (χ0) is 13.0. The lowest BCUT2D eigenvalue weighted by Crippen LogP contribution is -2.31. The van der Waals surface area contributed by atoms with Crippen LogP contribution in [-0.4, -0.2) is 18.7 Å². The molecule has 1 aliphatic rings. The van der Waals surface area contributed by atoms with Crippen molar-refractivity contribution in [1.29, 1.82) is 0 Å². The monoisotopic (exact) mass is 249 g/mol. The Morgan fingerprint density at radius 2 is 2.17 bits per heavy atom. The van der Waals surface area contributed by atoms with Crippen molar-refractivity contribution in [2.75, 3.05) is 6.79 Å². The minimum absolute atomic E-state index is 0.0991. The van der Waals surface area contributed by atoms with Crippen molar-refractivity contribution in [2.45, 2.75) is 39.2 Å². The van der Waals surface area contributed by atoms with Crippen LogP contribution in [0.2, 0.25) is 0 Å². The van der Waals surface area contributed by atoms with Crippen LogP contribution < -0.4 is 14.8 Å². The lowest BCUT2D eigenvalue weighted by atomic mass is 10.1. The molecule has 1 atom stereocenters. The molecule has 1 aromatic carbocycles. The maximum atomic E-state index is 11.7. The van der Waals surface area contributed by atoms with Gasteiger partial charge in [0.15, 0.2) is 11.5 Å². The van der Waals surface area contributed by atoms with Crippen LogP contribution in [0.25, 0.3) is 0 Å². The quantitative estimate of drug-likeness (QED) is 0.870. The minimum atomic E-state index is 0.0991. The zero-order valence-electron chi connectivity index (χ0n) is 10.9. The van der Waals surface area contributed by atoms with Gasteiger partial charge in [-0.3, -0.25) is 4.79 Å². The fraction of sp³-hybridized carbons (Fsp3) is 0.500. The Bertz CT molecular complexity index is 431. The molecule has 0 fully saturated rings. The Hall–Kier alpha value is -1.71. The molecule has 0 saturated heterocycles. The molecule has 0 aliphatic carbocycles. The molecule has 18 heavy (non-hydrogen) atoms. The largest absolute Gasteiger partial charge is 0.454 e. The minimum Gasteiger partial charge on any atom is -0.454 e. The van der Waals surface area contributed by atoms with E-state index in [0.717, 1.165) is 29.9 Å². The third-order valence-corrected chi connectivity index (χ3v) is 3.10. The Morgan fingerprint density at radius 1 is 1.39 bits per heavy atom. The third-order valence-electron chi connectivity index (χ3n) is 3.10. The predicted octanol–water partition coefficient (Wildman–Crippen LogP) is 2.26. The normalized spacial score (nSPS) is 14.3. The van der Waals surface area contributed by atoms with Crippen molar-refractivity contribution in [3.63, 3.8) is 0 Å². The number of benzene rings is 1. The molecule has 1 heterocycles. The second-order valence-electron chi connectivity index (χ2n) is 4.56. The smallest absolute Gasteiger partial charge is 0.231 e. The maximum absolute atomic E-state index is 11.7. The first-order valence-corrected chi connectivity index (χ1v) is 6.37. The highest BCUT2D eigenvalue weighted by Gasteiger charge is 2.13. The number of carbonyl (C=O) groups is 1. The van der Waals surface area contributed by atoms with Gasteiger partial charge in [0.1, 0.15) is 0 Å². The molecule has 0 bridgehead atoms. The van der Waals surface area contributed by atoms with E-state index in [1.54, 1.807) is 0 Å². The van der Waals surface area contributed by atoms with Crippen molar-refractivity contribution in [1.82, 2.24) is 5.32 Å². The predicted molar refractivity (Wildman–Crippen MR) is 68.8 cm³/mol. The van der Waals surface area contributed by atoms with Crippen molar-refractivity contribution in [3.8, 4) is 11.5 Å². The molecule has 1 amide bonds. The molecule has 2 rings (SSSR count). The Kier molecular flexibility index (Phi) is 4.07. The molecule has 1 aliphatic heterocycles. The maximum Gasteiger partial charge on any atom is 0.231 e. The number of aryl methyl sites for hydroxylation is 1. The third kappa shape index (κ3) is 3.15. The SMILES string of the molecule is CCC(C)NC(=O)CCc1ccc2c(c1)OCO2. The number of hydrogen-bond acceptors (Lipinski definition) is 3. The van der Waals surface area contributed by atoms with E-state index in [4.69, 9.17) is 9.47 Å². The summed E-state index contributed by atoms with van der Waals surface area (Å²) in [5.41, 5.74) is 1.10. The van der Waals surface area contributed by atoms with E-state index < -0.39 is 0 Å². The van der Waals surface area contributed by atoms with Crippen LogP contribution in [0.15, 0.2) is 18.2 Å². The average molecular weight is 249 g/mol. The van der Waals surface area contributed by atoms with Gasteiger partial charge >= 0.3 is 0 Å². The lowest BCUT2D eigenvalue weighted by molar-refractivity contribution is -0.121. The molecule has 98 valence electrons. The van der Waals surface area contributed by atoms with Crippen LogP contribution in [-0.2, 0) is 11.2 Å². The second-order valence-corrected chi connectivity index (χ2v) is 4.56. The molecule has 0 spiro atoms. The van der Waals surface area contributed by atoms with Gasteiger partial charge in [-0.1, -0.05) is 13.0 Å². The lowest BCUT2D eigenvalue weighted by Gasteiger charge is -2.11. The van der Waals surface area contributed by atoms with E-state index in [1.807, 2.05) is 25.1 Å². The fourth-order valence-corrected chi connectivity index (χ4v) is 1.80. The summed E-state index contributed by atoms with van der Waals surface area (Å²) in [6.07, 6.45) is 2.18. The first kappa shape index (κ1) is 12.7. The first-order chi connectivity index (χ1) is 8.69. The number of rotatable bonds is 5. The molecule has 4 heteroatoms. The molecule has 0 aromatic heterocycles. The molecule has 1 N–H and O–H groups in total. The van der Waals surface area contributed by atoms with Gasteiger partial charge in [-0.05, 0) is 37.5 Å². The van der Waals surface area contributed by atoms with Gasteiger partial charge in [0.25, 0.3) is 0 Å². The molecule has 4 nitrogen and oxygen atoms in total. The molecule has 0 radical (unpaired) electrons. The van der Waals surface area contributed by atoms with Crippen LogP contribution in [0.4, 0.5) is 0 Å². The van der Waals surface area contributed by atoms with E-state index in [1.165, 1.54) is 0 Å². The second kappa shape index (κ2) is 5.76. The van der Waals surface area contributed by atoms with E-state index in [-0.39, 0.29) is 18.7 Å². The van der Waals surface area contributed by atoms with Crippen molar-refractivity contribution in [2.24, 2.45) is 0 Å². The number of amides is 1. The van der Waals surface area contributed by atoms with Crippen LogP contribution in [0.3, 0.4) is 0 Å². The Morgan fingerprint density at radius 3 is 2.94 bits per heavy atom. The van der Waals surface area contributed by atoms with Gasteiger partial charge in [0.05, 0.1) is 0 Å². The Labute approximate surface area is 107 Å². The number of nitrogens with one attached hydrogen (secondary N) is 1. The summed E-state index contributed by atoms with van der Waals surface area (Å²) in [7, 11) is 0. The van der Waals surface area contributed by atoms with Crippen LogP contribution in [0.5, 0.6) is 11.5 Å². The molecule has 1 aromatic rings. The van der Waals surface area contributed by atoms with Crippen molar-refractivity contribution in [3.05, 3.63) is 23.8 Å². The van der Waals surface area contributed by atoms with Crippen molar-refractivity contribution >= 4 is 5.91 Å². The highest BCUT2D eigenvalue weighted by Crippen LogP contribution is 2.32. The average Bonchev–Trinajstić information content (AvgIpc) is 2.83. The van der Waals surface area contributed by atoms with E-state index >= 15 is 0 Å². The topological polar surface area (TPSA) is 47.6 Å². The summed E-state index contributed by atoms with van der Waals surface area (Å²) < 4.78 is 10.5. The highest BCUT2D eigenvalue weighted by molar-refractivity contribution is 5.76. The number of hydrogen-bond donors (Lipinski definition) is 1. The number of fused-ring (bicyclic) bond motifs is 1. The molecular formula is C14H19NO3. The van der Waals surface area contributed by atoms with E-state index in [0.29, 0.717) is 6.42 Å².